The molecule has 2 bridgehead atoms. The van der Waals surface area contributed by atoms with E-state index in [1.54, 1.807) is 32.6 Å². The largest absolute Gasteiger partial charge is 0.113 e. The topological polar surface area (TPSA) is 0 Å². The molecule has 3 aliphatic rings. The molecule has 0 atom stereocenters. The van der Waals surface area contributed by atoms with E-state index in [9.17, 15) is 0 Å². The minimum atomic E-state index is -1.55. The van der Waals surface area contributed by atoms with E-state index in [0.29, 0.717) is 0 Å². The van der Waals surface area contributed by atoms with Gasteiger partial charge in [-0.05, 0) is 63.4 Å². The molecule has 0 aromatic heterocycles. The fourth-order valence-corrected chi connectivity index (χ4v) is 9.34. The Morgan fingerprint density at radius 2 is 1.62 bits per heavy atom. The fourth-order valence-electron chi connectivity index (χ4n) is 5.73. The lowest BCUT2D eigenvalue weighted by Crippen LogP contribution is -2.39. The van der Waals surface area contributed by atoms with Crippen LogP contribution in [0, 0.1) is 6.42 Å². The summed E-state index contributed by atoms with van der Waals surface area (Å²) >= 11 is 0. The molecule has 0 unspecified atom stereocenters. The third kappa shape index (κ3) is 2.26. The molecule has 0 saturated heterocycles. The normalized spacial score (nSPS) is 20.9. The van der Waals surface area contributed by atoms with Crippen LogP contribution in [-0.2, 0) is 0 Å². The first-order valence-electron chi connectivity index (χ1n) is 10.5. The summed E-state index contributed by atoms with van der Waals surface area (Å²) in [7, 11) is -1.55. The van der Waals surface area contributed by atoms with Gasteiger partial charge < -0.3 is 0 Å². The van der Waals surface area contributed by atoms with Crippen LogP contribution in [0.15, 0.2) is 42.0 Å². The van der Waals surface area contributed by atoms with Gasteiger partial charge in [0, 0.05) is 6.42 Å². The predicted octanol–water partition coefficient (Wildman–Crippen LogP) is 6.60. The molecular weight excluding hydrogens is 328 g/mol. The highest BCUT2D eigenvalue weighted by Gasteiger charge is 2.45. The van der Waals surface area contributed by atoms with E-state index in [4.69, 9.17) is 0 Å². The zero-order valence-electron chi connectivity index (χ0n) is 16.4. The van der Waals surface area contributed by atoms with Gasteiger partial charge in [-0.3, -0.25) is 0 Å². The third-order valence-electron chi connectivity index (χ3n) is 7.09. The maximum absolute atomic E-state index is 2.54. The fraction of sp³-hybridized carbons (Fsp3) is 0.400. The van der Waals surface area contributed by atoms with Gasteiger partial charge in [-0.2, -0.15) is 0 Å². The monoisotopic (exact) mass is 357 g/mol. The van der Waals surface area contributed by atoms with Crippen molar-refractivity contribution in [1.29, 1.82) is 0 Å². The smallest absolute Gasteiger partial charge is 0.0617 e. The first kappa shape index (κ1) is 16.6. The standard InChI is InChI=1S/C25H29Si/c1-4-17-16-21-14-15-22-23(24(21)25(17)26(22,2)3)20-12-10-19(11-13-20)18-8-6-5-7-9-18/h10-16,18H,4-9H2,1-3H3. The Kier molecular flexibility index (Phi) is 3.79. The second-order valence-electron chi connectivity index (χ2n) is 8.93. The van der Waals surface area contributed by atoms with Gasteiger partial charge in [-0.15, -0.1) is 0 Å². The molecule has 2 aliphatic carbocycles. The molecule has 1 saturated carbocycles. The van der Waals surface area contributed by atoms with Crippen LogP contribution < -0.4 is 5.19 Å². The molecule has 2 aromatic rings. The van der Waals surface area contributed by atoms with E-state index in [1.165, 1.54) is 43.2 Å². The zero-order valence-corrected chi connectivity index (χ0v) is 17.4. The molecular formula is C25H29Si. The number of fused-ring (bicyclic) bond motifs is 1. The average Bonchev–Trinajstić information content (AvgIpc) is 3.14. The number of rotatable bonds is 3. The Bertz CT molecular complexity index is 892. The summed E-state index contributed by atoms with van der Waals surface area (Å²) in [4.78, 5) is 0. The minimum Gasteiger partial charge on any atom is -0.0617 e. The summed E-state index contributed by atoms with van der Waals surface area (Å²) in [6, 6.07) is 14.5. The molecule has 1 radical (unpaired) electrons. The van der Waals surface area contributed by atoms with Crippen LogP contribution in [0.25, 0.3) is 16.3 Å². The number of benzene rings is 2. The average molecular weight is 358 g/mol. The molecule has 0 amide bonds. The lowest BCUT2D eigenvalue weighted by Gasteiger charge is -2.22. The molecule has 133 valence electrons. The lowest BCUT2D eigenvalue weighted by atomic mass is 9.83. The number of allylic oxidation sites excluding steroid dienone is 1. The summed E-state index contributed by atoms with van der Waals surface area (Å²) in [6.45, 7) is 7.40. The third-order valence-corrected chi connectivity index (χ3v) is 10.7. The second-order valence-corrected chi connectivity index (χ2v) is 13.2. The van der Waals surface area contributed by atoms with Crippen molar-refractivity contribution in [2.24, 2.45) is 0 Å². The molecule has 0 N–H and O–H groups in total. The van der Waals surface area contributed by atoms with Crippen LogP contribution >= 0.6 is 0 Å². The number of hydrogen-bond acceptors (Lipinski definition) is 0. The molecule has 5 rings (SSSR count). The molecule has 0 spiro atoms. The zero-order chi connectivity index (χ0) is 17.9. The summed E-state index contributed by atoms with van der Waals surface area (Å²) in [5.41, 5.74) is 9.21. The highest BCUT2D eigenvalue weighted by molar-refractivity contribution is 7.07. The van der Waals surface area contributed by atoms with Crippen LogP contribution in [0.3, 0.4) is 0 Å². The molecule has 0 nitrogen and oxygen atoms in total. The molecule has 1 fully saturated rings. The van der Waals surface area contributed by atoms with Crippen LogP contribution in [-0.4, -0.2) is 8.07 Å². The van der Waals surface area contributed by atoms with E-state index >= 15 is 0 Å². The predicted molar refractivity (Wildman–Crippen MR) is 115 cm³/mol. The summed E-state index contributed by atoms with van der Waals surface area (Å²) in [5.74, 6) is 0.796. The first-order valence-corrected chi connectivity index (χ1v) is 13.5. The van der Waals surface area contributed by atoms with Crippen molar-refractivity contribution in [1.82, 2.24) is 0 Å². The van der Waals surface area contributed by atoms with Crippen molar-refractivity contribution in [3.63, 3.8) is 0 Å². The lowest BCUT2D eigenvalue weighted by molar-refractivity contribution is 0.443. The van der Waals surface area contributed by atoms with E-state index in [1.807, 2.05) is 0 Å². The molecule has 1 aliphatic heterocycles. The van der Waals surface area contributed by atoms with Gasteiger partial charge in [-0.1, -0.05) is 81.3 Å². The van der Waals surface area contributed by atoms with Crippen LogP contribution in [0.1, 0.15) is 68.1 Å². The van der Waals surface area contributed by atoms with Crippen molar-refractivity contribution >= 4 is 18.5 Å². The van der Waals surface area contributed by atoms with Crippen LogP contribution in [0.4, 0.5) is 0 Å². The van der Waals surface area contributed by atoms with E-state index in [-0.39, 0.29) is 0 Å². The van der Waals surface area contributed by atoms with E-state index in [2.05, 4.69) is 62.8 Å². The van der Waals surface area contributed by atoms with Gasteiger partial charge in [0.25, 0.3) is 0 Å². The molecule has 1 heterocycles. The van der Waals surface area contributed by atoms with Crippen LogP contribution in [0.5, 0.6) is 0 Å². The summed E-state index contributed by atoms with van der Waals surface area (Å²) < 4.78 is 0. The van der Waals surface area contributed by atoms with Gasteiger partial charge in [0.2, 0.25) is 0 Å². The van der Waals surface area contributed by atoms with Crippen molar-refractivity contribution in [2.45, 2.75) is 64.5 Å². The van der Waals surface area contributed by atoms with Crippen molar-refractivity contribution in [2.75, 3.05) is 0 Å². The molecule has 2 aromatic carbocycles. The maximum Gasteiger partial charge on any atom is 0.113 e. The summed E-state index contributed by atoms with van der Waals surface area (Å²) in [5, 5.41) is 3.37. The minimum absolute atomic E-state index is 0.796. The highest BCUT2D eigenvalue weighted by Crippen LogP contribution is 2.50. The number of hydrogen-bond donors (Lipinski definition) is 0. The van der Waals surface area contributed by atoms with Gasteiger partial charge >= 0.3 is 0 Å². The Morgan fingerprint density at radius 1 is 0.885 bits per heavy atom. The van der Waals surface area contributed by atoms with Crippen LogP contribution in [0.2, 0.25) is 13.1 Å². The van der Waals surface area contributed by atoms with E-state index < -0.39 is 8.07 Å². The van der Waals surface area contributed by atoms with Gasteiger partial charge in [-0.25, -0.2) is 0 Å². The first-order chi connectivity index (χ1) is 12.6. The SMILES string of the molecule is CCC1=C2c3c(ccc(c3-c3ccc(C4CCCCC4)cc3)[Si]2(C)C)[CH]1. The second kappa shape index (κ2) is 5.95. The Balaban J connectivity index is 1.60. The van der Waals surface area contributed by atoms with Gasteiger partial charge in [0.1, 0.15) is 8.07 Å². The van der Waals surface area contributed by atoms with Crippen molar-refractivity contribution in [3.8, 4) is 11.1 Å². The Hall–Kier alpha value is -1.60. The molecule has 26 heavy (non-hydrogen) atoms. The Labute approximate surface area is 159 Å². The molecule has 1 heteroatoms. The highest BCUT2D eigenvalue weighted by atomic mass is 28.3. The maximum atomic E-state index is 2.54. The quantitative estimate of drug-likeness (QED) is 0.543. The van der Waals surface area contributed by atoms with Crippen molar-refractivity contribution < 1.29 is 0 Å². The van der Waals surface area contributed by atoms with Gasteiger partial charge in [0.15, 0.2) is 0 Å². The summed E-state index contributed by atoms with van der Waals surface area (Å²) in [6.07, 6.45) is 10.6. The van der Waals surface area contributed by atoms with Crippen molar-refractivity contribution in [3.05, 3.63) is 65.1 Å². The van der Waals surface area contributed by atoms with E-state index in [0.717, 1.165) is 12.3 Å². The Morgan fingerprint density at radius 3 is 2.31 bits per heavy atom. The van der Waals surface area contributed by atoms with Gasteiger partial charge in [0.05, 0.1) is 0 Å².